The first-order valence-electron chi connectivity index (χ1n) is 6.88. The highest BCUT2D eigenvalue weighted by atomic mass is 79.9. The summed E-state index contributed by atoms with van der Waals surface area (Å²) in [6.07, 6.45) is 6.47. The molecular formula is C15H19BrN2. The summed E-state index contributed by atoms with van der Waals surface area (Å²) >= 11 is 3.61. The van der Waals surface area contributed by atoms with Gasteiger partial charge in [-0.3, -0.25) is 4.99 Å². The van der Waals surface area contributed by atoms with E-state index in [1.54, 1.807) is 0 Å². The molecule has 96 valence electrons. The van der Waals surface area contributed by atoms with E-state index in [0.29, 0.717) is 0 Å². The molecule has 1 spiro atoms. The van der Waals surface area contributed by atoms with Gasteiger partial charge in [-0.2, -0.15) is 0 Å². The molecule has 2 nitrogen and oxygen atoms in total. The number of amidine groups is 1. The van der Waals surface area contributed by atoms with Gasteiger partial charge in [0, 0.05) is 16.7 Å². The fourth-order valence-corrected chi connectivity index (χ4v) is 3.77. The highest BCUT2D eigenvalue weighted by Gasteiger charge is 2.44. The standard InChI is InChI=1S/C15H19BrN2/c1-2-17-14-15(8-4-3-5-9-15)12-10-11(16)6-7-13(12)18-14/h6-7,10H,2-5,8-9H2,1H3,(H,17,18). The van der Waals surface area contributed by atoms with Gasteiger partial charge in [-0.15, -0.1) is 0 Å². The lowest BCUT2D eigenvalue weighted by Gasteiger charge is -2.34. The smallest absolute Gasteiger partial charge is 0.111 e. The van der Waals surface area contributed by atoms with E-state index in [2.05, 4.69) is 46.4 Å². The van der Waals surface area contributed by atoms with Gasteiger partial charge in [0.15, 0.2) is 0 Å². The second kappa shape index (κ2) is 4.69. The number of hydrogen-bond acceptors (Lipinski definition) is 1. The lowest BCUT2D eigenvalue weighted by Crippen LogP contribution is -2.36. The first-order chi connectivity index (χ1) is 8.76. The first kappa shape index (κ1) is 12.2. The second-order valence-electron chi connectivity index (χ2n) is 5.28. The zero-order valence-electron chi connectivity index (χ0n) is 10.8. The van der Waals surface area contributed by atoms with Crippen molar-refractivity contribution in [2.24, 2.45) is 4.99 Å². The molecule has 3 heteroatoms. The summed E-state index contributed by atoms with van der Waals surface area (Å²) in [7, 11) is 0. The van der Waals surface area contributed by atoms with Gasteiger partial charge >= 0.3 is 0 Å². The van der Waals surface area contributed by atoms with Crippen LogP contribution in [0.15, 0.2) is 27.7 Å². The number of aliphatic imine (C=N–C) groups is 1. The van der Waals surface area contributed by atoms with Crippen molar-refractivity contribution in [2.45, 2.75) is 44.4 Å². The monoisotopic (exact) mass is 306 g/mol. The third kappa shape index (κ3) is 1.80. The zero-order valence-corrected chi connectivity index (χ0v) is 12.4. The summed E-state index contributed by atoms with van der Waals surface area (Å²) < 4.78 is 1.17. The second-order valence-corrected chi connectivity index (χ2v) is 6.20. The molecule has 1 saturated carbocycles. The molecule has 0 amide bonds. The average Bonchev–Trinajstić information content (AvgIpc) is 2.66. The molecule has 0 bridgehead atoms. The van der Waals surface area contributed by atoms with Crippen molar-refractivity contribution < 1.29 is 0 Å². The zero-order chi connectivity index (χ0) is 12.6. The molecule has 0 atom stereocenters. The largest absolute Gasteiger partial charge is 0.343 e. The highest BCUT2D eigenvalue weighted by Crippen LogP contribution is 2.48. The van der Waals surface area contributed by atoms with Crippen LogP contribution in [0.4, 0.5) is 5.69 Å². The summed E-state index contributed by atoms with van der Waals surface area (Å²) in [6, 6.07) is 6.57. The molecule has 3 rings (SSSR count). The Hall–Kier alpha value is -0.830. The molecule has 1 fully saturated rings. The summed E-state index contributed by atoms with van der Waals surface area (Å²) in [6.45, 7) is 2.98. The van der Waals surface area contributed by atoms with Crippen LogP contribution in [0.1, 0.15) is 44.6 Å². The maximum absolute atomic E-state index is 4.74. The van der Waals surface area contributed by atoms with Crippen molar-refractivity contribution in [3.8, 4) is 0 Å². The van der Waals surface area contributed by atoms with E-state index in [0.717, 1.165) is 6.54 Å². The van der Waals surface area contributed by atoms with Crippen molar-refractivity contribution in [1.29, 1.82) is 0 Å². The van der Waals surface area contributed by atoms with Crippen LogP contribution in [-0.2, 0) is 5.41 Å². The van der Waals surface area contributed by atoms with Crippen molar-refractivity contribution in [3.05, 3.63) is 28.2 Å². The lowest BCUT2D eigenvalue weighted by atomic mass is 9.70. The molecule has 1 aliphatic heterocycles. The Labute approximate surface area is 117 Å². The maximum Gasteiger partial charge on any atom is 0.111 e. The Kier molecular flexibility index (Phi) is 3.18. The summed E-state index contributed by atoms with van der Waals surface area (Å²) in [5.74, 6) is 1.21. The highest BCUT2D eigenvalue weighted by molar-refractivity contribution is 9.10. The van der Waals surface area contributed by atoms with E-state index < -0.39 is 0 Å². The van der Waals surface area contributed by atoms with Crippen molar-refractivity contribution >= 4 is 27.5 Å². The molecule has 0 radical (unpaired) electrons. The molecule has 1 aliphatic carbocycles. The van der Waals surface area contributed by atoms with Crippen molar-refractivity contribution in [2.75, 3.05) is 11.9 Å². The molecular weight excluding hydrogens is 288 g/mol. The SMILES string of the molecule is CCN=C1Nc2ccc(Br)cc2C12CCCCC2. The quantitative estimate of drug-likeness (QED) is 0.812. The molecule has 0 saturated heterocycles. The number of anilines is 1. The van der Waals surface area contributed by atoms with Gasteiger partial charge < -0.3 is 5.32 Å². The third-order valence-corrected chi connectivity index (χ3v) is 4.72. The molecule has 2 aliphatic rings. The minimum atomic E-state index is 0.174. The fraction of sp³-hybridized carbons (Fsp3) is 0.533. The number of fused-ring (bicyclic) bond motifs is 2. The van der Waals surface area contributed by atoms with Crippen LogP contribution < -0.4 is 5.32 Å². The lowest BCUT2D eigenvalue weighted by molar-refractivity contribution is 0.385. The van der Waals surface area contributed by atoms with Gasteiger partial charge in [-0.25, -0.2) is 0 Å². The normalized spacial score (nSPS) is 23.1. The number of nitrogens with zero attached hydrogens (tertiary/aromatic N) is 1. The van der Waals surface area contributed by atoms with E-state index in [-0.39, 0.29) is 5.41 Å². The molecule has 1 N–H and O–H groups in total. The number of halogens is 1. The van der Waals surface area contributed by atoms with E-state index in [1.807, 2.05) is 0 Å². The first-order valence-corrected chi connectivity index (χ1v) is 7.67. The summed E-state index contributed by atoms with van der Waals surface area (Å²) in [5, 5.41) is 3.55. The van der Waals surface area contributed by atoms with Crippen LogP contribution in [0.2, 0.25) is 0 Å². The maximum atomic E-state index is 4.74. The Bertz CT molecular complexity index is 487. The Balaban J connectivity index is 2.12. The molecule has 0 aromatic heterocycles. The van der Waals surface area contributed by atoms with Crippen LogP contribution in [0, 0.1) is 0 Å². The Morgan fingerprint density at radius 2 is 2.06 bits per heavy atom. The minimum absolute atomic E-state index is 0.174. The van der Waals surface area contributed by atoms with E-state index >= 15 is 0 Å². The number of benzene rings is 1. The van der Waals surface area contributed by atoms with Gasteiger partial charge in [0.05, 0.1) is 5.41 Å². The van der Waals surface area contributed by atoms with Gasteiger partial charge in [0.1, 0.15) is 5.84 Å². The number of hydrogen-bond donors (Lipinski definition) is 1. The molecule has 1 aromatic rings. The van der Waals surface area contributed by atoms with Crippen LogP contribution in [0.3, 0.4) is 0 Å². The van der Waals surface area contributed by atoms with Crippen molar-refractivity contribution in [3.63, 3.8) is 0 Å². The number of rotatable bonds is 1. The van der Waals surface area contributed by atoms with Gasteiger partial charge in [0.2, 0.25) is 0 Å². The van der Waals surface area contributed by atoms with Crippen LogP contribution >= 0.6 is 15.9 Å². The van der Waals surface area contributed by atoms with Crippen molar-refractivity contribution in [1.82, 2.24) is 0 Å². The Morgan fingerprint density at radius 1 is 1.28 bits per heavy atom. The Morgan fingerprint density at radius 3 is 2.78 bits per heavy atom. The third-order valence-electron chi connectivity index (χ3n) is 4.23. The molecule has 0 unspecified atom stereocenters. The van der Waals surface area contributed by atoms with E-state index in [1.165, 1.54) is 53.7 Å². The predicted molar refractivity (Wildman–Crippen MR) is 80.5 cm³/mol. The van der Waals surface area contributed by atoms with E-state index in [4.69, 9.17) is 4.99 Å². The van der Waals surface area contributed by atoms with E-state index in [9.17, 15) is 0 Å². The van der Waals surface area contributed by atoms with Crippen LogP contribution in [0.25, 0.3) is 0 Å². The average molecular weight is 307 g/mol. The van der Waals surface area contributed by atoms with Gasteiger partial charge in [0.25, 0.3) is 0 Å². The van der Waals surface area contributed by atoms with Crippen LogP contribution in [-0.4, -0.2) is 12.4 Å². The molecule has 1 heterocycles. The fourth-order valence-electron chi connectivity index (χ4n) is 3.41. The number of nitrogens with one attached hydrogen (secondary N) is 1. The summed E-state index contributed by atoms with van der Waals surface area (Å²) in [4.78, 5) is 4.74. The molecule has 1 aromatic carbocycles. The molecule has 18 heavy (non-hydrogen) atoms. The topological polar surface area (TPSA) is 24.4 Å². The predicted octanol–water partition coefficient (Wildman–Crippen LogP) is 4.49. The van der Waals surface area contributed by atoms with Gasteiger partial charge in [-0.05, 0) is 43.5 Å². The van der Waals surface area contributed by atoms with Crippen LogP contribution in [0.5, 0.6) is 0 Å². The minimum Gasteiger partial charge on any atom is -0.343 e. The summed E-state index contributed by atoms with van der Waals surface area (Å²) in [5.41, 5.74) is 2.88. The van der Waals surface area contributed by atoms with Gasteiger partial charge in [-0.1, -0.05) is 35.2 Å².